The highest BCUT2D eigenvalue weighted by molar-refractivity contribution is 8.11. The van der Waals surface area contributed by atoms with Crippen molar-refractivity contribution in [3.8, 4) is 0 Å². The third-order valence-electron chi connectivity index (χ3n) is 6.89. The molecule has 2 saturated heterocycles. The van der Waals surface area contributed by atoms with Crippen LogP contribution in [0.25, 0.3) is 0 Å². The van der Waals surface area contributed by atoms with E-state index in [-0.39, 0.29) is 8.64 Å². The Morgan fingerprint density at radius 3 is 1.16 bits per heavy atom. The van der Waals surface area contributed by atoms with Crippen LogP contribution < -0.4 is 0 Å². The molecule has 0 amide bonds. The van der Waals surface area contributed by atoms with Crippen LogP contribution in [0.3, 0.4) is 0 Å². The second-order valence-electron chi connectivity index (χ2n) is 9.51. The fraction of sp³-hybridized carbons (Fsp3) is 0.909. The van der Waals surface area contributed by atoms with Crippen LogP contribution in [-0.4, -0.2) is 147 Å². The highest BCUT2D eigenvalue weighted by Crippen LogP contribution is 2.26. The fourth-order valence-corrected chi connectivity index (χ4v) is 5.43. The number of thiol groups is 2. The molecule has 0 aromatic rings. The number of hydrogen-bond acceptors (Lipinski definition) is 12. The molecule has 8 N–H and O–H groups in total. The summed E-state index contributed by atoms with van der Waals surface area (Å²) in [6.45, 7) is -0.269. The molecular formula is C22H40N2O10S4. The molecule has 0 aliphatic carbocycles. The molecule has 0 spiro atoms. The molecule has 2 unspecified atom stereocenters. The van der Waals surface area contributed by atoms with Crippen LogP contribution >= 0.6 is 49.7 Å². The van der Waals surface area contributed by atoms with E-state index in [4.69, 9.17) is 33.9 Å². The van der Waals surface area contributed by atoms with Crippen LogP contribution in [0, 0.1) is 0 Å². The lowest BCUT2D eigenvalue weighted by atomic mass is 9.97. The zero-order valence-electron chi connectivity index (χ0n) is 20.8. The minimum absolute atomic E-state index is 0.158. The van der Waals surface area contributed by atoms with Crippen LogP contribution in [0.5, 0.6) is 0 Å². The van der Waals surface area contributed by atoms with Gasteiger partial charge in [-0.25, -0.2) is 0 Å². The smallest absolute Gasteiger partial charge is 0.160 e. The zero-order chi connectivity index (χ0) is 28.6. The van der Waals surface area contributed by atoms with Gasteiger partial charge in [-0.2, -0.15) is 0 Å². The molecule has 2 rings (SSSR count). The number of nitrogens with zero attached hydrogens (tertiary/aromatic N) is 2. The minimum atomic E-state index is -1.50. The molecule has 12 nitrogen and oxygen atoms in total. The first-order valence-corrected chi connectivity index (χ1v) is 14.3. The van der Waals surface area contributed by atoms with Gasteiger partial charge in [0.15, 0.2) is 12.5 Å². The first-order valence-electron chi connectivity index (χ1n) is 12.6. The maximum Gasteiger partial charge on any atom is 0.160 e. The Balaban J connectivity index is 1.76. The molecule has 0 saturated carbocycles. The molecule has 16 heteroatoms. The summed E-state index contributed by atoms with van der Waals surface area (Å²) in [4.78, 5) is 3.04. The van der Waals surface area contributed by atoms with Crippen LogP contribution in [-0.2, 0) is 9.47 Å². The Morgan fingerprint density at radius 1 is 0.553 bits per heavy atom. The average Bonchev–Trinajstić information content (AvgIpc) is 2.88. The van der Waals surface area contributed by atoms with E-state index in [1.165, 1.54) is 9.80 Å². The lowest BCUT2D eigenvalue weighted by molar-refractivity contribution is -0.254. The molecule has 222 valence electrons. The molecule has 2 aliphatic heterocycles. The third-order valence-corrected chi connectivity index (χ3v) is 7.87. The summed E-state index contributed by atoms with van der Waals surface area (Å²) in [5.41, 5.74) is 0. The van der Waals surface area contributed by atoms with Crippen LogP contribution in [0.15, 0.2) is 0 Å². The van der Waals surface area contributed by atoms with E-state index >= 15 is 0 Å². The van der Waals surface area contributed by atoms with Crippen molar-refractivity contribution in [3.05, 3.63) is 0 Å². The number of ether oxygens (including phenoxy) is 2. The minimum Gasteiger partial charge on any atom is -0.394 e. The highest BCUT2D eigenvalue weighted by atomic mass is 32.1. The third kappa shape index (κ3) is 8.79. The normalized spacial score (nSPS) is 35.6. The summed E-state index contributed by atoms with van der Waals surface area (Å²) in [6, 6.07) is 0. The van der Waals surface area contributed by atoms with Gasteiger partial charge in [0.1, 0.15) is 57.5 Å². The zero-order valence-corrected chi connectivity index (χ0v) is 24.3. The van der Waals surface area contributed by atoms with Crippen molar-refractivity contribution in [2.24, 2.45) is 0 Å². The number of aliphatic hydroxyl groups is 8. The Hall–Kier alpha value is 0.0800. The predicted octanol–water partition coefficient (Wildman–Crippen LogP) is -2.04. The van der Waals surface area contributed by atoms with E-state index in [9.17, 15) is 40.9 Å². The lowest BCUT2D eigenvalue weighted by Gasteiger charge is -2.45. The number of thiocarbonyl (C=S) groups is 2. The Kier molecular flexibility index (Phi) is 14.9. The van der Waals surface area contributed by atoms with E-state index in [2.05, 4.69) is 25.3 Å². The predicted molar refractivity (Wildman–Crippen MR) is 152 cm³/mol. The van der Waals surface area contributed by atoms with Crippen molar-refractivity contribution in [2.75, 3.05) is 26.3 Å². The molecular weight excluding hydrogens is 581 g/mol. The van der Waals surface area contributed by atoms with Crippen LogP contribution in [0.4, 0.5) is 0 Å². The maximum absolute atomic E-state index is 10.4. The van der Waals surface area contributed by atoms with Crippen molar-refractivity contribution in [2.45, 2.75) is 99.8 Å². The van der Waals surface area contributed by atoms with Crippen molar-refractivity contribution in [1.82, 2.24) is 9.80 Å². The first kappa shape index (κ1) is 34.3. The summed E-state index contributed by atoms with van der Waals surface area (Å²) >= 11 is 18.7. The Bertz CT molecular complexity index is 695. The SMILES string of the molecule is OC[C@H]1OC(N(CCCCCCCCN(C(=S)S)C2O[C@H](CO)[C@@H](O)[C@H](O)[C@H]2O)C(=S)S)[C@H](O)[C@@H](O)[C@@H]1O. The Labute approximate surface area is 244 Å². The second-order valence-corrected chi connectivity index (χ2v) is 11.7. The molecule has 2 aliphatic rings. The van der Waals surface area contributed by atoms with Crippen molar-refractivity contribution in [1.29, 1.82) is 0 Å². The van der Waals surface area contributed by atoms with Crippen molar-refractivity contribution >= 4 is 58.3 Å². The van der Waals surface area contributed by atoms with Gasteiger partial charge in [-0.05, 0) is 12.8 Å². The van der Waals surface area contributed by atoms with E-state index < -0.39 is 74.5 Å². The number of unbranched alkanes of at least 4 members (excludes halogenated alkanes) is 5. The van der Waals surface area contributed by atoms with E-state index in [1.54, 1.807) is 0 Å². The van der Waals surface area contributed by atoms with Gasteiger partial charge in [0.05, 0.1) is 13.2 Å². The van der Waals surface area contributed by atoms with Crippen LogP contribution in [0.2, 0.25) is 0 Å². The number of hydrogen-bond donors (Lipinski definition) is 10. The molecule has 0 radical (unpaired) electrons. The number of rotatable bonds is 13. The monoisotopic (exact) mass is 620 g/mol. The molecule has 0 aromatic carbocycles. The van der Waals surface area contributed by atoms with Gasteiger partial charge in [-0.15, -0.1) is 25.3 Å². The Morgan fingerprint density at radius 2 is 0.868 bits per heavy atom. The van der Waals surface area contributed by atoms with Gasteiger partial charge in [0.2, 0.25) is 0 Å². The van der Waals surface area contributed by atoms with Gasteiger partial charge < -0.3 is 60.1 Å². The second kappa shape index (κ2) is 16.5. The summed E-state index contributed by atoms with van der Waals surface area (Å²) < 4.78 is 11.5. The number of aliphatic hydroxyl groups excluding tert-OH is 8. The van der Waals surface area contributed by atoms with Gasteiger partial charge in [0, 0.05) is 13.1 Å². The van der Waals surface area contributed by atoms with Gasteiger partial charge in [0.25, 0.3) is 0 Å². The molecule has 38 heavy (non-hydrogen) atoms. The average molecular weight is 621 g/mol. The summed E-state index contributed by atoms with van der Waals surface area (Å²) in [7, 11) is 0. The van der Waals surface area contributed by atoms with Gasteiger partial charge >= 0.3 is 0 Å². The molecule has 2 heterocycles. The maximum atomic E-state index is 10.4. The van der Waals surface area contributed by atoms with Gasteiger partial charge in [-0.3, -0.25) is 0 Å². The standard InChI is InChI=1S/C22H40N2O10S4/c25-9-11-13(27)15(29)17(31)19(33-11)23(21(35)36)7-5-3-1-2-4-6-8-24(22(37)38)20-18(32)16(30)14(28)12(10-26)34-20/h11-20,25-32H,1-10H2,(H,35,36)(H,37,38)/t11-,12-,13-,14-,15+,16+,17-,18-,19?,20?/m1/s1. The van der Waals surface area contributed by atoms with Crippen molar-refractivity contribution < 1.29 is 50.3 Å². The molecule has 0 aromatic heterocycles. The summed E-state index contributed by atoms with van der Waals surface area (Å²) in [5, 5.41) is 79.6. The molecule has 2 fully saturated rings. The van der Waals surface area contributed by atoms with E-state index in [1.807, 2.05) is 0 Å². The molecule has 0 bridgehead atoms. The summed E-state index contributed by atoms with van der Waals surface area (Å²) in [6.07, 6.45) is -8.11. The van der Waals surface area contributed by atoms with Crippen LogP contribution in [0.1, 0.15) is 38.5 Å². The van der Waals surface area contributed by atoms with Crippen molar-refractivity contribution in [3.63, 3.8) is 0 Å². The topological polar surface area (TPSA) is 187 Å². The lowest BCUT2D eigenvalue weighted by Crippen LogP contribution is -2.63. The first-order chi connectivity index (χ1) is 18.0. The van der Waals surface area contributed by atoms with Gasteiger partial charge in [-0.1, -0.05) is 50.1 Å². The van der Waals surface area contributed by atoms with E-state index in [0.29, 0.717) is 25.9 Å². The largest absolute Gasteiger partial charge is 0.394 e. The van der Waals surface area contributed by atoms with E-state index in [0.717, 1.165) is 25.7 Å². The summed E-state index contributed by atoms with van der Waals surface area (Å²) in [5.74, 6) is 0. The quantitative estimate of drug-likeness (QED) is 0.0617. The fourth-order valence-electron chi connectivity index (χ4n) is 4.61. The highest BCUT2D eigenvalue weighted by Gasteiger charge is 2.47. The molecule has 10 atom stereocenters.